The average Bonchev–Trinajstić information content (AvgIpc) is 2.70. The number of imide groups is 2. The first-order valence-electron chi connectivity index (χ1n) is 9.03. The number of urea groups is 1. The average molecular weight is 494 g/mol. The molecule has 0 spiro atoms. The summed E-state index contributed by atoms with van der Waals surface area (Å²) in [5, 5.41) is 2.53. The summed E-state index contributed by atoms with van der Waals surface area (Å²) >= 11 is 9.41. The Balaban J connectivity index is 2.02. The van der Waals surface area contributed by atoms with Crippen molar-refractivity contribution in [2.24, 2.45) is 0 Å². The smallest absolute Gasteiger partial charge is 0.335 e. The molecule has 0 bridgehead atoms. The number of carbonyl (C=O) groups is 3. The summed E-state index contributed by atoms with van der Waals surface area (Å²) in [7, 11) is 1.50. The number of ether oxygens (including phenoxy) is 2. The first-order valence-corrected chi connectivity index (χ1v) is 10.2. The number of anilines is 1. The van der Waals surface area contributed by atoms with Gasteiger partial charge in [0.25, 0.3) is 11.8 Å². The van der Waals surface area contributed by atoms with Crippen LogP contribution in [0, 0.1) is 0 Å². The van der Waals surface area contributed by atoms with Crippen LogP contribution in [-0.2, 0) is 9.59 Å². The molecule has 1 heterocycles. The van der Waals surface area contributed by atoms with Gasteiger partial charge in [0.15, 0.2) is 11.5 Å². The van der Waals surface area contributed by atoms with Crippen molar-refractivity contribution in [3.8, 4) is 11.5 Å². The van der Waals surface area contributed by atoms with Crippen molar-refractivity contribution in [2.45, 2.75) is 13.3 Å². The van der Waals surface area contributed by atoms with Crippen molar-refractivity contribution >= 4 is 57.1 Å². The number of methoxy groups -OCH3 is 1. The molecule has 30 heavy (non-hydrogen) atoms. The highest BCUT2D eigenvalue weighted by atomic mass is 79.9. The molecule has 1 N–H and O–H groups in total. The lowest BCUT2D eigenvalue weighted by Gasteiger charge is -2.26. The van der Waals surface area contributed by atoms with E-state index >= 15 is 0 Å². The van der Waals surface area contributed by atoms with Gasteiger partial charge in [-0.25, -0.2) is 9.69 Å². The zero-order chi connectivity index (χ0) is 21.8. The van der Waals surface area contributed by atoms with Crippen LogP contribution in [0.4, 0.5) is 10.5 Å². The van der Waals surface area contributed by atoms with Crippen molar-refractivity contribution < 1.29 is 23.9 Å². The highest BCUT2D eigenvalue weighted by Gasteiger charge is 2.37. The van der Waals surface area contributed by atoms with Gasteiger partial charge in [0.1, 0.15) is 5.57 Å². The van der Waals surface area contributed by atoms with Crippen LogP contribution in [0.2, 0.25) is 5.02 Å². The van der Waals surface area contributed by atoms with Crippen molar-refractivity contribution in [3.05, 3.63) is 57.0 Å². The van der Waals surface area contributed by atoms with E-state index in [0.717, 1.165) is 11.3 Å². The predicted octanol–water partition coefficient (Wildman–Crippen LogP) is 4.57. The number of nitrogens with zero attached hydrogens (tertiary/aromatic N) is 1. The molecule has 1 aliphatic rings. The minimum Gasteiger partial charge on any atom is -0.493 e. The van der Waals surface area contributed by atoms with Gasteiger partial charge in [0, 0.05) is 9.50 Å². The van der Waals surface area contributed by atoms with Crippen LogP contribution >= 0.6 is 27.5 Å². The molecule has 0 aliphatic carbocycles. The van der Waals surface area contributed by atoms with E-state index < -0.39 is 17.8 Å². The molecule has 0 saturated carbocycles. The minimum atomic E-state index is -0.843. The third-order valence-corrected chi connectivity index (χ3v) is 5.13. The van der Waals surface area contributed by atoms with E-state index in [1.54, 1.807) is 30.3 Å². The van der Waals surface area contributed by atoms with Crippen molar-refractivity contribution in [3.63, 3.8) is 0 Å². The number of hydrogen-bond donors (Lipinski definition) is 1. The van der Waals surface area contributed by atoms with E-state index in [-0.39, 0.29) is 11.3 Å². The molecule has 4 amide bonds. The molecule has 0 atom stereocenters. The number of barbiturate groups is 1. The topological polar surface area (TPSA) is 84.9 Å². The lowest BCUT2D eigenvalue weighted by Crippen LogP contribution is -2.54. The van der Waals surface area contributed by atoms with Crippen LogP contribution in [-0.4, -0.2) is 31.6 Å². The van der Waals surface area contributed by atoms with Crippen LogP contribution in [0.3, 0.4) is 0 Å². The Hall–Kier alpha value is -2.84. The molecule has 0 unspecified atom stereocenters. The van der Waals surface area contributed by atoms with Crippen LogP contribution in [0.5, 0.6) is 11.5 Å². The molecule has 0 radical (unpaired) electrons. The fraction of sp³-hybridized carbons (Fsp3) is 0.190. The summed E-state index contributed by atoms with van der Waals surface area (Å²) in [4.78, 5) is 38.5. The standard InChI is InChI=1S/C21H18BrClN2O5/c1-3-7-30-18-11-16(22)12(9-17(18)29-2)8-15-19(26)24-21(28)25(20(15)27)14-6-4-5-13(23)10-14/h4-6,8-11H,3,7H2,1-2H3,(H,24,26,28). The molecule has 3 rings (SSSR count). The lowest BCUT2D eigenvalue weighted by molar-refractivity contribution is -0.122. The summed E-state index contributed by atoms with van der Waals surface area (Å²) in [6.45, 7) is 2.50. The highest BCUT2D eigenvalue weighted by Crippen LogP contribution is 2.35. The fourth-order valence-corrected chi connectivity index (χ4v) is 3.43. The molecule has 2 aromatic rings. The zero-order valence-electron chi connectivity index (χ0n) is 16.2. The van der Waals surface area contributed by atoms with Gasteiger partial charge >= 0.3 is 6.03 Å². The fourth-order valence-electron chi connectivity index (χ4n) is 2.81. The number of carbonyl (C=O) groups excluding carboxylic acids is 3. The number of hydrogen-bond acceptors (Lipinski definition) is 5. The van der Waals surface area contributed by atoms with Gasteiger partial charge in [0.2, 0.25) is 0 Å². The molecule has 1 saturated heterocycles. The quantitative estimate of drug-likeness (QED) is 0.471. The molecule has 7 nitrogen and oxygen atoms in total. The number of rotatable bonds is 6. The Labute approximate surface area is 186 Å². The second-order valence-electron chi connectivity index (χ2n) is 6.31. The monoisotopic (exact) mass is 492 g/mol. The summed E-state index contributed by atoms with van der Waals surface area (Å²) < 4.78 is 11.6. The van der Waals surface area contributed by atoms with Gasteiger partial charge in [-0.1, -0.05) is 40.5 Å². The maximum Gasteiger partial charge on any atom is 0.335 e. The Kier molecular flexibility index (Phi) is 6.79. The molecule has 0 aromatic heterocycles. The number of nitrogens with one attached hydrogen (secondary N) is 1. The molecular formula is C21H18BrClN2O5. The normalized spacial score (nSPS) is 15.4. The van der Waals surface area contributed by atoms with E-state index in [2.05, 4.69) is 21.2 Å². The Morgan fingerprint density at radius 3 is 2.60 bits per heavy atom. The number of halogens is 2. The van der Waals surface area contributed by atoms with Crippen molar-refractivity contribution in [1.82, 2.24) is 5.32 Å². The van der Waals surface area contributed by atoms with Crippen LogP contribution in [0.1, 0.15) is 18.9 Å². The second kappa shape index (κ2) is 9.32. The van der Waals surface area contributed by atoms with Crippen LogP contribution in [0.25, 0.3) is 6.08 Å². The molecule has 2 aromatic carbocycles. The van der Waals surface area contributed by atoms with E-state index in [4.69, 9.17) is 21.1 Å². The first kappa shape index (κ1) is 21.9. The van der Waals surface area contributed by atoms with E-state index in [1.165, 1.54) is 19.3 Å². The van der Waals surface area contributed by atoms with Crippen molar-refractivity contribution in [1.29, 1.82) is 0 Å². The molecular weight excluding hydrogens is 476 g/mol. The number of benzene rings is 2. The van der Waals surface area contributed by atoms with Gasteiger partial charge < -0.3 is 9.47 Å². The molecule has 9 heteroatoms. The van der Waals surface area contributed by atoms with Crippen molar-refractivity contribution in [2.75, 3.05) is 18.6 Å². The molecule has 1 aliphatic heterocycles. The predicted molar refractivity (Wildman–Crippen MR) is 117 cm³/mol. The lowest BCUT2D eigenvalue weighted by atomic mass is 10.1. The van der Waals surface area contributed by atoms with E-state index in [9.17, 15) is 14.4 Å². The van der Waals surface area contributed by atoms with E-state index in [1.807, 2.05) is 6.92 Å². The third kappa shape index (κ3) is 4.49. The van der Waals surface area contributed by atoms with Gasteiger partial charge in [0.05, 0.1) is 19.4 Å². The Bertz CT molecular complexity index is 1050. The Morgan fingerprint density at radius 1 is 1.17 bits per heavy atom. The van der Waals surface area contributed by atoms with Gasteiger partial charge in [-0.15, -0.1) is 0 Å². The third-order valence-electron chi connectivity index (χ3n) is 4.21. The largest absolute Gasteiger partial charge is 0.493 e. The number of amides is 4. The van der Waals surface area contributed by atoms with Gasteiger partial charge in [-0.2, -0.15) is 0 Å². The van der Waals surface area contributed by atoms with Gasteiger partial charge in [-0.3, -0.25) is 14.9 Å². The Morgan fingerprint density at radius 2 is 1.93 bits per heavy atom. The minimum absolute atomic E-state index is 0.209. The zero-order valence-corrected chi connectivity index (χ0v) is 18.5. The molecule has 1 fully saturated rings. The maximum atomic E-state index is 13.0. The van der Waals surface area contributed by atoms with Gasteiger partial charge in [-0.05, 0) is 48.4 Å². The molecule has 156 valence electrons. The summed E-state index contributed by atoms with van der Waals surface area (Å²) in [5.74, 6) is -0.572. The van der Waals surface area contributed by atoms with E-state index in [0.29, 0.717) is 33.2 Å². The highest BCUT2D eigenvalue weighted by molar-refractivity contribution is 9.10. The first-order chi connectivity index (χ1) is 14.3. The summed E-state index contributed by atoms with van der Waals surface area (Å²) in [5.41, 5.74) is 0.553. The summed E-state index contributed by atoms with van der Waals surface area (Å²) in [6.07, 6.45) is 2.21. The maximum absolute atomic E-state index is 13.0. The second-order valence-corrected chi connectivity index (χ2v) is 7.60. The summed E-state index contributed by atoms with van der Waals surface area (Å²) in [6, 6.07) is 8.74. The van der Waals surface area contributed by atoms with Crippen LogP contribution in [0.15, 0.2) is 46.4 Å². The van der Waals surface area contributed by atoms with Crippen LogP contribution < -0.4 is 19.7 Å². The SMILES string of the molecule is CCCOc1cc(Br)c(C=C2C(=O)NC(=O)N(c3cccc(Cl)c3)C2=O)cc1OC.